The van der Waals surface area contributed by atoms with Crippen molar-refractivity contribution in [3.8, 4) is 0 Å². The lowest BCUT2D eigenvalue weighted by Gasteiger charge is -2.23. The van der Waals surface area contributed by atoms with Crippen LogP contribution in [0, 0.1) is 5.92 Å². The smallest absolute Gasteiger partial charge is 0.0346 e. The summed E-state index contributed by atoms with van der Waals surface area (Å²) in [5.41, 5.74) is 2.70. The van der Waals surface area contributed by atoms with E-state index in [0.29, 0.717) is 12.0 Å². The number of benzene rings is 2. The van der Waals surface area contributed by atoms with Gasteiger partial charge in [0.1, 0.15) is 0 Å². The molecule has 0 aliphatic heterocycles. The summed E-state index contributed by atoms with van der Waals surface area (Å²) in [6, 6.07) is 19.9. The van der Waals surface area contributed by atoms with Gasteiger partial charge < -0.3 is 5.32 Å². The van der Waals surface area contributed by atoms with Gasteiger partial charge in [0.05, 0.1) is 0 Å². The highest BCUT2D eigenvalue weighted by molar-refractivity contribution is 7.98. The number of hydrogen-bond acceptors (Lipinski definition) is 2. The number of rotatable bonds is 6. The minimum Gasteiger partial charge on any atom is -0.306 e. The van der Waals surface area contributed by atoms with E-state index in [0.717, 1.165) is 6.54 Å². The van der Waals surface area contributed by atoms with Crippen molar-refractivity contribution in [2.75, 3.05) is 6.26 Å². The van der Waals surface area contributed by atoms with Crippen molar-refractivity contribution >= 4 is 11.8 Å². The van der Waals surface area contributed by atoms with Crippen LogP contribution in [0.4, 0.5) is 0 Å². The van der Waals surface area contributed by atoms with Crippen molar-refractivity contribution < 1.29 is 0 Å². The van der Waals surface area contributed by atoms with Gasteiger partial charge in [0.2, 0.25) is 0 Å². The van der Waals surface area contributed by atoms with Gasteiger partial charge in [-0.3, -0.25) is 0 Å². The molecule has 1 atom stereocenters. The predicted molar refractivity (Wildman–Crippen MR) is 89.1 cm³/mol. The van der Waals surface area contributed by atoms with E-state index in [9.17, 15) is 0 Å². The van der Waals surface area contributed by atoms with E-state index < -0.39 is 0 Å². The molecule has 20 heavy (non-hydrogen) atoms. The second-order valence-corrected chi connectivity index (χ2v) is 6.24. The summed E-state index contributed by atoms with van der Waals surface area (Å²) in [7, 11) is 0. The van der Waals surface area contributed by atoms with E-state index in [4.69, 9.17) is 0 Å². The Morgan fingerprint density at radius 1 is 0.950 bits per heavy atom. The van der Waals surface area contributed by atoms with Crippen molar-refractivity contribution in [3.63, 3.8) is 0 Å². The Morgan fingerprint density at radius 3 is 2.15 bits per heavy atom. The topological polar surface area (TPSA) is 12.0 Å². The fourth-order valence-electron chi connectivity index (χ4n) is 2.37. The van der Waals surface area contributed by atoms with E-state index in [1.54, 1.807) is 11.8 Å². The van der Waals surface area contributed by atoms with Gasteiger partial charge in [-0.2, -0.15) is 0 Å². The van der Waals surface area contributed by atoms with Gasteiger partial charge in [0.25, 0.3) is 0 Å². The molecule has 0 bridgehead atoms. The fourth-order valence-corrected chi connectivity index (χ4v) is 2.78. The molecule has 0 spiro atoms. The third-order valence-corrected chi connectivity index (χ3v) is 4.25. The van der Waals surface area contributed by atoms with E-state index in [1.807, 2.05) is 0 Å². The maximum atomic E-state index is 3.68. The Bertz CT molecular complexity index is 505. The largest absolute Gasteiger partial charge is 0.306 e. The average Bonchev–Trinajstić information content (AvgIpc) is 2.49. The minimum atomic E-state index is 0.399. The zero-order valence-corrected chi connectivity index (χ0v) is 13.3. The first kappa shape index (κ1) is 15.1. The van der Waals surface area contributed by atoms with Crippen LogP contribution in [0.15, 0.2) is 59.5 Å². The van der Waals surface area contributed by atoms with Crippen LogP contribution >= 0.6 is 11.8 Å². The van der Waals surface area contributed by atoms with Crippen molar-refractivity contribution in [2.45, 2.75) is 31.3 Å². The second-order valence-electron chi connectivity index (χ2n) is 5.36. The fraction of sp³-hybridized carbons (Fsp3) is 0.333. The van der Waals surface area contributed by atoms with Crippen molar-refractivity contribution in [2.24, 2.45) is 5.92 Å². The van der Waals surface area contributed by atoms with Crippen LogP contribution in [0.2, 0.25) is 0 Å². The molecule has 2 aromatic rings. The summed E-state index contributed by atoms with van der Waals surface area (Å²) >= 11 is 1.78. The molecule has 1 N–H and O–H groups in total. The molecule has 2 heteroatoms. The van der Waals surface area contributed by atoms with E-state index in [-0.39, 0.29) is 0 Å². The molecule has 0 aromatic heterocycles. The molecule has 1 unspecified atom stereocenters. The zero-order chi connectivity index (χ0) is 14.4. The predicted octanol–water partition coefficient (Wildman–Crippen LogP) is 4.90. The summed E-state index contributed by atoms with van der Waals surface area (Å²) < 4.78 is 0. The van der Waals surface area contributed by atoms with Crippen LogP contribution in [-0.4, -0.2) is 6.26 Å². The van der Waals surface area contributed by atoms with Gasteiger partial charge in [0.15, 0.2) is 0 Å². The first-order chi connectivity index (χ1) is 9.70. The molecule has 2 rings (SSSR count). The second kappa shape index (κ2) is 7.51. The number of hydrogen-bond donors (Lipinski definition) is 1. The van der Waals surface area contributed by atoms with Gasteiger partial charge in [-0.25, -0.2) is 0 Å². The maximum absolute atomic E-state index is 3.68. The Morgan fingerprint density at radius 2 is 1.60 bits per heavy atom. The molecule has 0 heterocycles. The lowest BCUT2D eigenvalue weighted by Crippen LogP contribution is -2.25. The number of thioether (sulfide) groups is 1. The van der Waals surface area contributed by atoms with E-state index >= 15 is 0 Å². The number of nitrogens with one attached hydrogen (secondary N) is 1. The normalized spacial score (nSPS) is 12.6. The van der Waals surface area contributed by atoms with Crippen LogP contribution in [-0.2, 0) is 6.54 Å². The van der Waals surface area contributed by atoms with E-state index in [2.05, 4.69) is 80.0 Å². The minimum absolute atomic E-state index is 0.399. The molecular formula is C18H23NS. The summed E-state index contributed by atoms with van der Waals surface area (Å²) in [6.45, 7) is 5.44. The summed E-state index contributed by atoms with van der Waals surface area (Å²) in [6.07, 6.45) is 2.11. The Hall–Kier alpha value is -1.25. The van der Waals surface area contributed by atoms with Crippen LogP contribution in [0.5, 0.6) is 0 Å². The van der Waals surface area contributed by atoms with Gasteiger partial charge in [-0.15, -0.1) is 11.8 Å². The summed E-state index contributed by atoms with van der Waals surface area (Å²) in [4.78, 5) is 1.32. The molecule has 0 fully saturated rings. The highest BCUT2D eigenvalue weighted by Crippen LogP contribution is 2.22. The Kier molecular flexibility index (Phi) is 5.69. The van der Waals surface area contributed by atoms with Crippen molar-refractivity contribution in [3.05, 3.63) is 65.7 Å². The summed E-state index contributed by atoms with van der Waals surface area (Å²) in [5.74, 6) is 0.572. The van der Waals surface area contributed by atoms with Crippen LogP contribution in [0.3, 0.4) is 0 Å². The molecule has 0 saturated heterocycles. The van der Waals surface area contributed by atoms with Crippen LogP contribution < -0.4 is 5.32 Å². The SMILES string of the molecule is CSc1ccc(CNC(c2ccccc2)C(C)C)cc1. The Labute approximate surface area is 126 Å². The van der Waals surface area contributed by atoms with Crippen LogP contribution in [0.1, 0.15) is 31.0 Å². The lowest BCUT2D eigenvalue weighted by molar-refractivity contribution is 0.410. The van der Waals surface area contributed by atoms with Gasteiger partial charge in [-0.05, 0) is 35.4 Å². The highest BCUT2D eigenvalue weighted by atomic mass is 32.2. The van der Waals surface area contributed by atoms with Gasteiger partial charge in [-0.1, -0.05) is 56.3 Å². The first-order valence-corrected chi connectivity index (χ1v) is 8.34. The average molecular weight is 285 g/mol. The standard InChI is InChI=1S/C18H23NS/c1-14(2)18(16-7-5-4-6-8-16)19-13-15-9-11-17(20-3)12-10-15/h4-12,14,18-19H,13H2,1-3H3. The summed E-state index contributed by atoms with van der Waals surface area (Å²) in [5, 5.41) is 3.68. The molecular weight excluding hydrogens is 262 g/mol. The first-order valence-electron chi connectivity index (χ1n) is 7.12. The molecule has 0 aliphatic rings. The van der Waals surface area contributed by atoms with E-state index in [1.165, 1.54) is 16.0 Å². The third kappa shape index (κ3) is 4.12. The maximum Gasteiger partial charge on any atom is 0.0346 e. The molecule has 0 radical (unpaired) electrons. The monoisotopic (exact) mass is 285 g/mol. The Balaban J connectivity index is 2.02. The molecule has 1 nitrogen and oxygen atoms in total. The lowest BCUT2D eigenvalue weighted by atomic mass is 9.96. The quantitative estimate of drug-likeness (QED) is 0.758. The molecule has 0 aliphatic carbocycles. The zero-order valence-electron chi connectivity index (χ0n) is 12.5. The third-order valence-electron chi connectivity index (χ3n) is 3.51. The molecule has 0 saturated carbocycles. The van der Waals surface area contributed by atoms with Crippen molar-refractivity contribution in [1.29, 1.82) is 0 Å². The van der Waals surface area contributed by atoms with Crippen LogP contribution in [0.25, 0.3) is 0 Å². The molecule has 2 aromatic carbocycles. The molecule has 0 amide bonds. The van der Waals surface area contributed by atoms with Gasteiger partial charge >= 0.3 is 0 Å². The molecule has 106 valence electrons. The highest BCUT2D eigenvalue weighted by Gasteiger charge is 2.14. The van der Waals surface area contributed by atoms with Gasteiger partial charge in [0, 0.05) is 17.5 Å². The van der Waals surface area contributed by atoms with Crippen molar-refractivity contribution in [1.82, 2.24) is 5.32 Å².